The van der Waals surface area contributed by atoms with E-state index in [1.807, 2.05) is 43.3 Å². The first kappa shape index (κ1) is 14.6. The number of hydrogen-bond acceptors (Lipinski definition) is 3. The third-order valence-corrected chi connectivity index (χ3v) is 4.38. The summed E-state index contributed by atoms with van der Waals surface area (Å²) in [5.41, 5.74) is 4.32. The average molecular weight is 294 g/mol. The van der Waals surface area contributed by atoms with Crippen molar-refractivity contribution in [1.29, 1.82) is 0 Å². The van der Waals surface area contributed by atoms with Crippen molar-refractivity contribution in [2.45, 2.75) is 26.3 Å². The lowest BCUT2D eigenvalue weighted by molar-refractivity contribution is 0.0964. The molecule has 0 fully saturated rings. The molecule has 0 radical (unpaired) electrons. The molecule has 2 aromatic carbocycles. The molecule has 0 bridgehead atoms. The molecule has 1 N–H and O–H groups in total. The molecule has 0 aromatic heterocycles. The van der Waals surface area contributed by atoms with Gasteiger partial charge in [0.25, 0.3) is 0 Å². The zero-order valence-electron chi connectivity index (χ0n) is 13.2. The fourth-order valence-corrected chi connectivity index (χ4v) is 3.14. The van der Waals surface area contributed by atoms with E-state index in [1.165, 1.54) is 11.3 Å². The van der Waals surface area contributed by atoms with Crippen LogP contribution in [-0.2, 0) is 6.42 Å². The summed E-state index contributed by atoms with van der Waals surface area (Å²) in [6.07, 6.45) is 1.00. The topological polar surface area (TPSA) is 32.3 Å². The van der Waals surface area contributed by atoms with Gasteiger partial charge >= 0.3 is 0 Å². The zero-order valence-corrected chi connectivity index (χ0v) is 13.2. The molecule has 114 valence electrons. The van der Waals surface area contributed by atoms with Gasteiger partial charge in [-0.25, -0.2) is 0 Å². The molecule has 0 amide bonds. The van der Waals surface area contributed by atoms with E-state index in [2.05, 4.69) is 29.3 Å². The first-order valence-electron chi connectivity index (χ1n) is 7.93. The summed E-state index contributed by atoms with van der Waals surface area (Å²) >= 11 is 0. The van der Waals surface area contributed by atoms with E-state index in [0.29, 0.717) is 0 Å². The van der Waals surface area contributed by atoms with Gasteiger partial charge in [-0.05, 0) is 56.2 Å². The maximum atomic E-state index is 12.9. The fraction of sp³-hybridized carbons (Fsp3) is 0.316. The summed E-state index contributed by atoms with van der Waals surface area (Å²) < 4.78 is 0. The highest BCUT2D eigenvalue weighted by Gasteiger charge is 2.23. The van der Waals surface area contributed by atoms with Crippen molar-refractivity contribution in [2.75, 3.05) is 23.3 Å². The van der Waals surface area contributed by atoms with E-state index in [4.69, 9.17) is 0 Å². The Morgan fingerprint density at radius 3 is 2.73 bits per heavy atom. The minimum absolute atomic E-state index is 0.167. The highest BCUT2D eigenvalue weighted by molar-refractivity contribution is 6.02. The van der Waals surface area contributed by atoms with Crippen LogP contribution >= 0.6 is 0 Å². The standard InChI is InChI=1S/C19H22N2O/c1-3-21(17-7-5-4-6-8-17)14(2)19(22)16-9-10-18-15(13-16)11-12-20-18/h4-10,13-14,20H,3,11-12H2,1-2H3. The molecule has 1 atom stereocenters. The van der Waals surface area contributed by atoms with E-state index >= 15 is 0 Å². The molecule has 3 rings (SSSR count). The van der Waals surface area contributed by atoms with Crippen LogP contribution in [0.3, 0.4) is 0 Å². The van der Waals surface area contributed by atoms with E-state index in [1.54, 1.807) is 0 Å². The van der Waals surface area contributed by atoms with Gasteiger partial charge in [-0.15, -0.1) is 0 Å². The van der Waals surface area contributed by atoms with Crippen LogP contribution in [0.15, 0.2) is 48.5 Å². The molecular formula is C19H22N2O. The van der Waals surface area contributed by atoms with Crippen molar-refractivity contribution in [3.05, 3.63) is 59.7 Å². The minimum atomic E-state index is -0.167. The highest BCUT2D eigenvalue weighted by Crippen LogP contribution is 2.25. The number of fused-ring (bicyclic) bond motifs is 1. The summed E-state index contributed by atoms with van der Waals surface area (Å²) in [7, 11) is 0. The second-order valence-electron chi connectivity index (χ2n) is 5.71. The van der Waals surface area contributed by atoms with E-state index in [-0.39, 0.29) is 11.8 Å². The Bertz CT molecular complexity index is 666. The average Bonchev–Trinajstić information content (AvgIpc) is 3.03. The molecule has 2 aromatic rings. The molecule has 1 aliphatic heterocycles. The lowest BCUT2D eigenvalue weighted by Gasteiger charge is -2.29. The van der Waals surface area contributed by atoms with Crippen LogP contribution in [-0.4, -0.2) is 24.9 Å². The molecule has 0 saturated carbocycles. The van der Waals surface area contributed by atoms with Crippen molar-refractivity contribution in [3.8, 4) is 0 Å². The van der Waals surface area contributed by atoms with Crippen molar-refractivity contribution in [3.63, 3.8) is 0 Å². The maximum Gasteiger partial charge on any atom is 0.184 e. The van der Waals surface area contributed by atoms with E-state index in [9.17, 15) is 4.79 Å². The smallest absolute Gasteiger partial charge is 0.184 e. The lowest BCUT2D eigenvalue weighted by Crippen LogP contribution is -2.39. The number of likely N-dealkylation sites (N-methyl/N-ethyl adjacent to an activating group) is 1. The van der Waals surface area contributed by atoms with Gasteiger partial charge in [0.2, 0.25) is 0 Å². The molecule has 0 aliphatic carbocycles. The van der Waals surface area contributed by atoms with Crippen LogP contribution in [0, 0.1) is 0 Å². The number of benzene rings is 2. The number of carbonyl (C=O) groups is 1. The summed E-state index contributed by atoms with van der Waals surface area (Å²) in [6.45, 7) is 5.85. The van der Waals surface area contributed by atoms with Gasteiger partial charge in [0.1, 0.15) is 0 Å². The second-order valence-corrected chi connectivity index (χ2v) is 5.71. The predicted molar refractivity (Wildman–Crippen MR) is 91.9 cm³/mol. The number of rotatable bonds is 5. The van der Waals surface area contributed by atoms with Crippen LogP contribution in [0.5, 0.6) is 0 Å². The molecule has 1 heterocycles. The number of nitrogens with zero attached hydrogens (tertiary/aromatic N) is 1. The Morgan fingerprint density at radius 1 is 1.23 bits per heavy atom. The molecule has 0 saturated heterocycles. The number of nitrogens with one attached hydrogen (secondary N) is 1. The van der Waals surface area contributed by atoms with Crippen LogP contribution in [0.2, 0.25) is 0 Å². The monoisotopic (exact) mass is 294 g/mol. The largest absolute Gasteiger partial charge is 0.384 e. The Morgan fingerprint density at radius 2 is 2.00 bits per heavy atom. The van der Waals surface area contributed by atoms with Crippen LogP contribution in [0.1, 0.15) is 29.8 Å². The molecule has 3 heteroatoms. The number of hydrogen-bond donors (Lipinski definition) is 1. The Kier molecular flexibility index (Phi) is 4.14. The SMILES string of the molecule is CCN(c1ccccc1)C(C)C(=O)c1ccc2c(c1)CCN2. The number of anilines is 2. The summed E-state index contributed by atoms with van der Waals surface area (Å²) in [4.78, 5) is 15.0. The Labute approximate surface area is 132 Å². The lowest BCUT2D eigenvalue weighted by atomic mass is 10.00. The number of para-hydroxylation sites is 1. The van der Waals surface area contributed by atoms with Crippen molar-refractivity contribution in [1.82, 2.24) is 0 Å². The van der Waals surface area contributed by atoms with E-state index in [0.717, 1.165) is 30.8 Å². The maximum absolute atomic E-state index is 12.9. The van der Waals surface area contributed by atoms with Crippen molar-refractivity contribution in [2.24, 2.45) is 0 Å². The third-order valence-electron chi connectivity index (χ3n) is 4.38. The van der Waals surface area contributed by atoms with Crippen LogP contribution < -0.4 is 10.2 Å². The molecular weight excluding hydrogens is 272 g/mol. The minimum Gasteiger partial charge on any atom is -0.384 e. The second kappa shape index (κ2) is 6.22. The molecule has 0 spiro atoms. The van der Waals surface area contributed by atoms with Gasteiger partial charge in [0, 0.05) is 30.0 Å². The Hall–Kier alpha value is -2.29. The number of ketones is 1. The number of Topliss-reactive ketones (excluding diaryl/α,β-unsaturated/α-hetero) is 1. The van der Waals surface area contributed by atoms with Gasteiger partial charge in [-0.1, -0.05) is 18.2 Å². The van der Waals surface area contributed by atoms with Gasteiger partial charge in [-0.3, -0.25) is 4.79 Å². The van der Waals surface area contributed by atoms with Crippen LogP contribution in [0.25, 0.3) is 0 Å². The first-order chi connectivity index (χ1) is 10.7. The normalized spacial score (nSPS) is 14.1. The third kappa shape index (κ3) is 2.71. The van der Waals surface area contributed by atoms with Gasteiger partial charge in [0.05, 0.1) is 6.04 Å². The first-order valence-corrected chi connectivity index (χ1v) is 7.93. The predicted octanol–water partition coefficient (Wildman–Crippen LogP) is 3.75. The highest BCUT2D eigenvalue weighted by atomic mass is 16.1. The summed E-state index contributed by atoms with van der Waals surface area (Å²) in [6, 6.07) is 16.0. The van der Waals surface area contributed by atoms with Crippen molar-refractivity contribution < 1.29 is 4.79 Å². The molecule has 1 aliphatic rings. The van der Waals surface area contributed by atoms with Gasteiger partial charge < -0.3 is 10.2 Å². The molecule has 1 unspecified atom stereocenters. The summed E-state index contributed by atoms with van der Waals surface area (Å²) in [5, 5.41) is 3.33. The summed E-state index contributed by atoms with van der Waals surface area (Å²) in [5.74, 6) is 0.181. The van der Waals surface area contributed by atoms with Crippen molar-refractivity contribution >= 4 is 17.2 Å². The van der Waals surface area contributed by atoms with Crippen LogP contribution in [0.4, 0.5) is 11.4 Å². The van der Waals surface area contributed by atoms with E-state index < -0.39 is 0 Å². The van der Waals surface area contributed by atoms with Gasteiger partial charge in [-0.2, -0.15) is 0 Å². The van der Waals surface area contributed by atoms with Gasteiger partial charge in [0.15, 0.2) is 5.78 Å². The molecule has 22 heavy (non-hydrogen) atoms. The molecule has 3 nitrogen and oxygen atoms in total. The zero-order chi connectivity index (χ0) is 15.5. The fourth-order valence-electron chi connectivity index (χ4n) is 3.14. The Balaban J connectivity index is 1.84. The number of carbonyl (C=O) groups excluding carboxylic acids is 1. The quantitative estimate of drug-likeness (QED) is 0.852.